The second kappa shape index (κ2) is 8.24. The zero-order valence-corrected chi connectivity index (χ0v) is 16.1. The van der Waals surface area contributed by atoms with E-state index in [1.807, 2.05) is 37.4 Å². The van der Waals surface area contributed by atoms with E-state index < -0.39 is 5.97 Å². The highest BCUT2D eigenvalue weighted by molar-refractivity contribution is 7.98. The zero-order chi connectivity index (χ0) is 18.5. The highest BCUT2D eigenvalue weighted by atomic mass is 32.2. The molecule has 0 unspecified atom stereocenters. The first-order chi connectivity index (χ1) is 12.6. The third kappa shape index (κ3) is 4.17. The van der Waals surface area contributed by atoms with E-state index in [-0.39, 0.29) is 0 Å². The Morgan fingerprint density at radius 2 is 2.04 bits per heavy atom. The molecule has 2 aromatic heterocycles. The summed E-state index contributed by atoms with van der Waals surface area (Å²) in [5, 5.41) is 13.7. The lowest BCUT2D eigenvalue weighted by Gasteiger charge is -2.11. The summed E-state index contributed by atoms with van der Waals surface area (Å²) in [6.07, 6.45) is 3.36. The second-order valence-electron chi connectivity index (χ2n) is 5.17. The number of anilines is 2. The average molecular weight is 387 g/mol. The standard InChI is InChI=1S/C17H17N5O2S2/c1-4-24-16(23)13-9-18-17(25-3)20-14(13)19-12-7-5-11(6-8-12)15-22-21-10(2)26-15/h5-9H,4H2,1-3H3,(H,18,19,20). The number of hydrogen-bond donors (Lipinski definition) is 1. The Hall–Kier alpha value is -2.52. The predicted molar refractivity (Wildman–Crippen MR) is 103 cm³/mol. The molecule has 0 aliphatic heterocycles. The number of benzene rings is 1. The maximum Gasteiger partial charge on any atom is 0.343 e. The molecule has 2 heterocycles. The van der Waals surface area contributed by atoms with Crippen molar-refractivity contribution in [1.82, 2.24) is 20.2 Å². The van der Waals surface area contributed by atoms with Crippen LogP contribution in [0.3, 0.4) is 0 Å². The van der Waals surface area contributed by atoms with Crippen molar-refractivity contribution in [3.8, 4) is 10.6 Å². The highest BCUT2D eigenvalue weighted by Crippen LogP contribution is 2.26. The van der Waals surface area contributed by atoms with Gasteiger partial charge in [-0.25, -0.2) is 14.8 Å². The molecule has 3 rings (SSSR count). The van der Waals surface area contributed by atoms with Crippen LogP contribution in [0.15, 0.2) is 35.6 Å². The minimum atomic E-state index is -0.455. The first-order valence-electron chi connectivity index (χ1n) is 7.86. The van der Waals surface area contributed by atoms with Gasteiger partial charge in [0.25, 0.3) is 0 Å². The number of carbonyl (C=O) groups excluding carboxylic acids is 1. The highest BCUT2D eigenvalue weighted by Gasteiger charge is 2.16. The van der Waals surface area contributed by atoms with Crippen LogP contribution in [-0.2, 0) is 4.74 Å². The summed E-state index contributed by atoms with van der Waals surface area (Å²) in [7, 11) is 0. The Kier molecular flexibility index (Phi) is 5.79. The number of esters is 1. The maximum absolute atomic E-state index is 12.1. The van der Waals surface area contributed by atoms with Gasteiger partial charge in [0, 0.05) is 17.4 Å². The molecule has 0 bridgehead atoms. The summed E-state index contributed by atoms with van der Waals surface area (Å²) in [4.78, 5) is 20.7. The molecule has 0 amide bonds. The van der Waals surface area contributed by atoms with Crippen LogP contribution in [0.1, 0.15) is 22.3 Å². The van der Waals surface area contributed by atoms with Crippen molar-refractivity contribution in [2.24, 2.45) is 0 Å². The zero-order valence-electron chi connectivity index (χ0n) is 14.5. The number of rotatable bonds is 6. The Morgan fingerprint density at radius 1 is 1.27 bits per heavy atom. The molecule has 0 radical (unpaired) electrons. The summed E-state index contributed by atoms with van der Waals surface area (Å²) in [6.45, 7) is 3.97. The molecule has 0 aliphatic rings. The van der Waals surface area contributed by atoms with Gasteiger partial charge in [-0.15, -0.1) is 10.2 Å². The van der Waals surface area contributed by atoms with E-state index in [2.05, 4.69) is 25.5 Å². The topological polar surface area (TPSA) is 89.9 Å². The number of aryl methyl sites for hydroxylation is 1. The number of ether oxygens (including phenoxy) is 1. The van der Waals surface area contributed by atoms with Crippen LogP contribution in [0.25, 0.3) is 10.6 Å². The van der Waals surface area contributed by atoms with E-state index in [0.29, 0.717) is 23.1 Å². The van der Waals surface area contributed by atoms with Crippen molar-refractivity contribution in [3.05, 3.63) is 41.0 Å². The summed E-state index contributed by atoms with van der Waals surface area (Å²) in [5.41, 5.74) is 2.08. The number of nitrogens with zero attached hydrogens (tertiary/aromatic N) is 4. The van der Waals surface area contributed by atoms with E-state index in [1.54, 1.807) is 18.3 Å². The smallest absolute Gasteiger partial charge is 0.343 e. The van der Waals surface area contributed by atoms with Crippen molar-refractivity contribution in [2.75, 3.05) is 18.2 Å². The maximum atomic E-state index is 12.1. The largest absolute Gasteiger partial charge is 0.462 e. The summed E-state index contributed by atoms with van der Waals surface area (Å²) in [5.74, 6) is -0.0362. The van der Waals surface area contributed by atoms with Gasteiger partial charge in [0.15, 0.2) is 5.16 Å². The fraction of sp³-hybridized carbons (Fsp3) is 0.235. The van der Waals surface area contributed by atoms with Crippen LogP contribution in [0.2, 0.25) is 0 Å². The lowest BCUT2D eigenvalue weighted by atomic mass is 10.2. The molecular weight excluding hydrogens is 370 g/mol. The molecule has 0 spiro atoms. The molecular formula is C17H17N5O2S2. The molecule has 0 fully saturated rings. The Bertz CT molecular complexity index is 912. The van der Waals surface area contributed by atoms with Gasteiger partial charge in [-0.2, -0.15) is 0 Å². The van der Waals surface area contributed by atoms with Gasteiger partial charge in [0.1, 0.15) is 21.4 Å². The monoisotopic (exact) mass is 387 g/mol. The van der Waals surface area contributed by atoms with Gasteiger partial charge >= 0.3 is 5.97 Å². The van der Waals surface area contributed by atoms with E-state index in [9.17, 15) is 4.79 Å². The van der Waals surface area contributed by atoms with Crippen LogP contribution < -0.4 is 5.32 Å². The molecule has 1 aromatic carbocycles. The van der Waals surface area contributed by atoms with E-state index in [4.69, 9.17) is 4.74 Å². The molecule has 0 saturated heterocycles. The number of hydrogen-bond acceptors (Lipinski definition) is 9. The molecule has 1 N–H and O–H groups in total. The molecule has 26 heavy (non-hydrogen) atoms. The van der Waals surface area contributed by atoms with Gasteiger partial charge in [-0.3, -0.25) is 0 Å². The SMILES string of the molecule is CCOC(=O)c1cnc(SC)nc1Nc1ccc(-c2nnc(C)s2)cc1. The average Bonchev–Trinajstić information content (AvgIpc) is 3.09. The van der Waals surface area contributed by atoms with Gasteiger partial charge in [0.05, 0.1) is 6.61 Å². The summed E-state index contributed by atoms with van der Waals surface area (Å²) in [6, 6.07) is 7.70. The van der Waals surface area contributed by atoms with Crippen molar-refractivity contribution in [3.63, 3.8) is 0 Å². The third-order valence-corrected chi connectivity index (χ3v) is 4.81. The minimum absolute atomic E-state index is 0.290. The number of carbonyl (C=O) groups is 1. The fourth-order valence-corrected chi connectivity index (χ4v) is 3.20. The molecule has 9 heteroatoms. The van der Waals surface area contributed by atoms with Crippen molar-refractivity contribution < 1.29 is 9.53 Å². The fourth-order valence-electron chi connectivity index (χ4n) is 2.16. The van der Waals surface area contributed by atoms with Crippen LogP contribution in [0.4, 0.5) is 11.5 Å². The van der Waals surface area contributed by atoms with Crippen LogP contribution >= 0.6 is 23.1 Å². The first-order valence-corrected chi connectivity index (χ1v) is 9.90. The number of thioether (sulfide) groups is 1. The Morgan fingerprint density at radius 3 is 2.65 bits per heavy atom. The molecule has 0 saturated carbocycles. The Balaban J connectivity index is 1.86. The molecule has 3 aromatic rings. The van der Waals surface area contributed by atoms with Gasteiger partial charge in [-0.1, -0.05) is 23.1 Å². The van der Waals surface area contributed by atoms with Crippen molar-refractivity contribution in [2.45, 2.75) is 19.0 Å². The molecule has 0 atom stereocenters. The lowest BCUT2D eigenvalue weighted by molar-refractivity contribution is 0.0526. The van der Waals surface area contributed by atoms with Crippen LogP contribution in [-0.4, -0.2) is 39.0 Å². The normalized spacial score (nSPS) is 10.6. The van der Waals surface area contributed by atoms with Crippen molar-refractivity contribution in [1.29, 1.82) is 0 Å². The van der Waals surface area contributed by atoms with Gasteiger partial charge in [0.2, 0.25) is 0 Å². The third-order valence-electron chi connectivity index (χ3n) is 3.37. The quantitative estimate of drug-likeness (QED) is 0.386. The van der Waals surface area contributed by atoms with E-state index in [0.717, 1.165) is 21.3 Å². The summed E-state index contributed by atoms with van der Waals surface area (Å²) >= 11 is 2.94. The lowest BCUT2D eigenvalue weighted by Crippen LogP contribution is -2.10. The van der Waals surface area contributed by atoms with Crippen molar-refractivity contribution >= 4 is 40.6 Å². The molecule has 134 valence electrons. The van der Waals surface area contributed by atoms with Gasteiger partial charge in [-0.05, 0) is 44.4 Å². The van der Waals surface area contributed by atoms with E-state index in [1.165, 1.54) is 18.0 Å². The Labute approximate surface area is 159 Å². The minimum Gasteiger partial charge on any atom is -0.462 e. The molecule has 7 nitrogen and oxygen atoms in total. The van der Waals surface area contributed by atoms with E-state index >= 15 is 0 Å². The number of nitrogens with one attached hydrogen (secondary N) is 1. The number of aromatic nitrogens is 4. The first kappa shape index (κ1) is 18.3. The van der Waals surface area contributed by atoms with Gasteiger partial charge < -0.3 is 10.1 Å². The molecule has 0 aliphatic carbocycles. The van der Waals surface area contributed by atoms with Crippen LogP contribution in [0.5, 0.6) is 0 Å². The second-order valence-corrected chi connectivity index (χ2v) is 7.12. The summed E-state index contributed by atoms with van der Waals surface area (Å²) < 4.78 is 5.08. The van der Waals surface area contributed by atoms with Crippen LogP contribution in [0, 0.1) is 6.92 Å². The predicted octanol–water partition coefficient (Wildman–Crippen LogP) is 3.95.